The quantitative estimate of drug-likeness (QED) is 0.854. The van der Waals surface area contributed by atoms with Crippen molar-refractivity contribution >= 4 is 17.6 Å². The fraction of sp³-hybridized carbons (Fsp3) is 0.263. The highest BCUT2D eigenvalue weighted by molar-refractivity contribution is 5.98. The van der Waals surface area contributed by atoms with E-state index in [-0.39, 0.29) is 0 Å². The fourth-order valence-corrected chi connectivity index (χ4v) is 2.21. The predicted molar refractivity (Wildman–Crippen MR) is 92.4 cm³/mol. The number of ether oxygens (including phenoxy) is 2. The second-order valence-electron chi connectivity index (χ2n) is 5.61. The molecule has 5 nitrogen and oxygen atoms in total. The second-order valence-corrected chi connectivity index (χ2v) is 5.61. The maximum Gasteiger partial charge on any atom is 0.338 e. The van der Waals surface area contributed by atoms with E-state index >= 15 is 0 Å². The van der Waals surface area contributed by atoms with Crippen LogP contribution in [0.1, 0.15) is 28.4 Å². The van der Waals surface area contributed by atoms with E-state index in [1.165, 1.54) is 14.0 Å². The van der Waals surface area contributed by atoms with E-state index in [1.807, 2.05) is 26.0 Å². The zero-order valence-electron chi connectivity index (χ0n) is 14.3. The Hall–Kier alpha value is -2.82. The number of anilines is 1. The lowest BCUT2D eigenvalue weighted by Crippen LogP contribution is -2.30. The molecular weight excluding hydrogens is 306 g/mol. The van der Waals surface area contributed by atoms with Crippen LogP contribution in [-0.2, 0) is 9.53 Å². The van der Waals surface area contributed by atoms with Gasteiger partial charge in [0.05, 0.1) is 18.4 Å². The van der Waals surface area contributed by atoms with Gasteiger partial charge in [-0.1, -0.05) is 23.8 Å². The lowest BCUT2D eigenvalue weighted by molar-refractivity contribution is -0.123. The Labute approximate surface area is 141 Å². The summed E-state index contributed by atoms with van der Waals surface area (Å²) in [5, 5.41) is 2.73. The van der Waals surface area contributed by atoms with Crippen molar-refractivity contribution in [2.24, 2.45) is 0 Å². The van der Waals surface area contributed by atoms with Gasteiger partial charge in [0.2, 0.25) is 0 Å². The SMILES string of the molecule is COc1ccc(C)cc1NC(=O)[C@@H](C)OC(=O)c1cccc(C)c1. The van der Waals surface area contributed by atoms with Crippen molar-refractivity contribution in [1.29, 1.82) is 0 Å². The van der Waals surface area contributed by atoms with Crippen molar-refractivity contribution in [2.75, 3.05) is 12.4 Å². The molecule has 1 N–H and O–H groups in total. The standard InChI is InChI=1S/C19H21NO4/c1-12-6-5-7-15(10-12)19(22)24-14(3)18(21)20-16-11-13(2)8-9-17(16)23-4/h5-11,14H,1-4H3,(H,20,21)/t14-/m1/s1. The molecule has 0 saturated heterocycles. The summed E-state index contributed by atoms with van der Waals surface area (Å²) in [6.45, 7) is 5.33. The maximum absolute atomic E-state index is 12.3. The Morgan fingerprint density at radius 1 is 1.04 bits per heavy atom. The van der Waals surface area contributed by atoms with Gasteiger partial charge in [-0.2, -0.15) is 0 Å². The van der Waals surface area contributed by atoms with Gasteiger partial charge in [-0.25, -0.2) is 4.79 Å². The Morgan fingerprint density at radius 2 is 1.75 bits per heavy atom. The molecule has 0 aliphatic carbocycles. The van der Waals surface area contributed by atoms with E-state index in [4.69, 9.17) is 9.47 Å². The summed E-state index contributed by atoms with van der Waals surface area (Å²) in [7, 11) is 1.53. The summed E-state index contributed by atoms with van der Waals surface area (Å²) in [5.41, 5.74) is 2.89. The number of hydrogen-bond acceptors (Lipinski definition) is 4. The van der Waals surface area contributed by atoms with Crippen LogP contribution in [0.2, 0.25) is 0 Å². The van der Waals surface area contributed by atoms with Gasteiger partial charge in [-0.05, 0) is 50.6 Å². The van der Waals surface area contributed by atoms with E-state index in [0.717, 1.165) is 11.1 Å². The van der Waals surface area contributed by atoms with Gasteiger partial charge in [0.15, 0.2) is 6.10 Å². The molecule has 2 rings (SSSR count). The number of amides is 1. The number of hydrogen-bond donors (Lipinski definition) is 1. The Morgan fingerprint density at radius 3 is 2.42 bits per heavy atom. The van der Waals surface area contributed by atoms with Crippen molar-refractivity contribution < 1.29 is 19.1 Å². The molecule has 0 aliphatic heterocycles. The highest BCUT2D eigenvalue weighted by Gasteiger charge is 2.20. The van der Waals surface area contributed by atoms with Gasteiger partial charge in [0, 0.05) is 0 Å². The van der Waals surface area contributed by atoms with E-state index in [2.05, 4.69) is 5.32 Å². The zero-order chi connectivity index (χ0) is 17.7. The van der Waals surface area contributed by atoms with E-state index in [1.54, 1.807) is 30.3 Å². The van der Waals surface area contributed by atoms with Crippen molar-refractivity contribution in [1.82, 2.24) is 0 Å². The molecule has 1 amide bonds. The first-order chi connectivity index (χ1) is 11.4. The van der Waals surface area contributed by atoms with Crippen LogP contribution in [0.4, 0.5) is 5.69 Å². The third kappa shape index (κ3) is 4.35. The van der Waals surface area contributed by atoms with Crippen LogP contribution >= 0.6 is 0 Å². The first-order valence-electron chi connectivity index (χ1n) is 7.64. The second kappa shape index (κ2) is 7.64. The molecule has 5 heteroatoms. The van der Waals surface area contributed by atoms with E-state index < -0.39 is 18.0 Å². The Bertz CT molecular complexity index is 755. The summed E-state index contributed by atoms with van der Waals surface area (Å²) >= 11 is 0. The Kier molecular flexibility index (Phi) is 5.58. The van der Waals surface area contributed by atoms with Gasteiger partial charge in [0.1, 0.15) is 5.75 Å². The third-order valence-electron chi connectivity index (χ3n) is 3.52. The number of aryl methyl sites for hydroxylation is 2. The molecule has 2 aromatic carbocycles. The van der Waals surface area contributed by atoms with Crippen LogP contribution in [0.3, 0.4) is 0 Å². The molecule has 126 valence electrons. The summed E-state index contributed by atoms with van der Waals surface area (Å²) < 4.78 is 10.5. The molecule has 0 aliphatic rings. The van der Waals surface area contributed by atoms with Crippen molar-refractivity contribution in [2.45, 2.75) is 26.9 Å². The van der Waals surface area contributed by atoms with Crippen molar-refractivity contribution in [3.05, 3.63) is 59.2 Å². The molecule has 2 aromatic rings. The third-order valence-corrected chi connectivity index (χ3v) is 3.52. The lowest BCUT2D eigenvalue weighted by atomic mass is 10.1. The summed E-state index contributed by atoms with van der Waals surface area (Å²) in [4.78, 5) is 24.4. The smallest absolute Gasteiger partial charge is 0.338 e. The van der Waals surface area contributed by atoms with E-state index in [9.17, 15) is 9.59 Å². The van der Waals surface area contributed by atoms with Crippen LogP contribution in [-0.4, -0.2) is 25.1 Å². The molecule has 0 heterocycles. The number of esters is 1. The van der Waals surface area contributed by atoms with E-state index in [0.29, 0.717) is 17.0 Å². The summed E-state index contributed by atoms with van der Waals surface area (Å²) in [5.74, 6) is -0.399. The normalized spacial score (nSPS) is 11.5. The van der Waals surface area contributed by atoms with Gasteiger partial charge in [0.25, 0.3) is 5.91 Å². The van der Waals surface area contributed by atoms with Crippen LogP contribution in [0, 0.1) is 13.8 Å². The minimum absolute atomic E-state index is 0.417. The Balaban J connectivity index is 2.05. The van der Waals surface area contributed by atoms with Gasteiger partial charge >= 0.3 is 5.97 Å². The zero-order valence-corrected chi connectivity index (χ0v) is 14.3. The average Bonchev–Trinajstić information content (AvgIpc) is 2.55. The molecule has 0 unspecified atom stereocenters. The number of nitrogens with one attached hydrogen (secondary N) is 1. The highest BCUT2D eigenvalue weighted by Crippen LogP contribution is 2.25. The first kappa shape index (κ1) is 17.5. The van der Waals surface area contributed by atoms with Crippen LogP contribution in [0.5, 0.6) is 5.75 Å². The van der Waals surface area contributed by atoms with Crippen molar-refractivity contribution in [3.63, 3.8) is 0 Å². The topological polar surface area (TPSA) is 64.6 Å². The molecule has 0 saturated carbocycles. The van der Waals surface area contributed by atoms with Gasteiger partial charge < -0.3 is 14.8 Å². The fourth-order valence-electron chi connectivity index (χ4n) is 2.21. The molecule has 0 spiro atoms. The van der Waals surface area contributed by atoms with Gasteiger partial charge in [-0.3, -0.25) is 4.79 Å². The molecule has 1 atom stereocenters. The lowest BCUT2D eigenvalue weighted by Gasteiger charge is -2.15. The predicted octanol–water partition coefficient (Wildman–Crippen LogP) is 3.50. The van der Waals surface area contributed by atoms with Crippen LogP contribution in [0.25, 0.3) is 0 Å². The molecular formula is C19H21NO4. The molecule has 0 aromatic heterocycles. The number of methoxy groups -OCH3 is 1. The number of rotatable bonds is 5. The summed E-state index contributed by atoms with van der Waals surface area (Å²) in [6, 6.07) is 12.5. The number of carbonyl (C=O) groups excluding carboxylic acids is 2. The number of carbonyl (C=O) groups is 2. The molecule has 0 fully saturated rings. The molecule has 0 bridgehead atoms. The monoisotopic (exact) mass is 327 g/mol. The van der Waals surface area contributed by atoms with Crippen LogP contribution in [0.15, 0.2) is 42.5 Å². The first-order valence-corrected chi connectivity index (χ1v) is 7.64. The minimum atomic E-state index is -0.928. The highest BCUT2D eigenvalue weighted by atomic mass is 16.5. The summed E-state index contributed by atoms with van der Waals surface area (Å²) in [6.07, 6.45) is -0.928. The number of benzene rings is 2. The minimum Gasteiger partial charge on any atom is -0.495 e. The van der Waals surface area contributed by atoms with Crippen LogP contribution < -0.4 is 10.1 Å². The largest absolute Gasteiger partial charge is 0.495 e. The molecule has 24 heavy (non-hydrogen) atoms. The molecule has 0 radical (unpaired) electrons. The average molecular weight is 327 g/mol. The maximum atomic E-state index is 12.3. The van der Waals surface area contributed by atoms with Gasteiger partial charge in [-0.15, -0.1) is 0 Å². The van der Waals surface area contributed by atoms with Crippen molar-refractivity contribution in [3.8, 4) is 5.75 Å².